The molecule has 2 N–H and O–H groups in total. The van der Waals surface area contributed by atoms with Gasteiger partial charge in [-0.1, -0.05) is 30.3 Å². The predicted octanol–water partition coefficient (Wildman–Crippen LogP) is 1.66. The van der Waals surface area contributed by atoms with Gasteiger partial charge in [0, 0.05) is 24.2 Å². The van der Waals surface area contributed by atoms with Crippen LogP contribution in [0.4, 0.5) is 5.69 Å². The van der Waals surface area contributed by atoms with E-state index in [4.69, 9.17) is 4.74 Å². The lowest BCUT2D eigenvalue weighted by molar-refractivity contribution is -0.152. The van der Waals surface area contributed by atoms with Gasteiger partial charge in [0.25, 0.3) is 11.8 Å². The van der Waals surface area contributed by atoms with E-state index < -0.39 is 30.3 Å². The van der Waals surface area contributed by atoms with Gasteiger partial charge in [0.15, 0.2) is 6.61 Å². The number of nitrogens with zero attached hydrogens (tertiary/aromatic N) is 1. The Labute approximate surface area is 174 Å². The van der Waals surface area contributed by atoms with E-state index in [1.54, 1.807) is 35.2 Å². The fourth-order valence-electron chi connectivity index (χ4n) is 3.21. The van der Waals surface area contributed by atoms with Gasteiger partial charge in [0.05, 0.1) is 5.92 Å². The van der Waals surface area contributed by atoms with E-state index >= 15 is 0 Å². The summed E-state index contributed by atoms with van der Waals surface area (Å²) in [6, 6.07) is 14.0. The molecule has 1 heterocycles. The molecule has 0 bridgehead atoms. The summed E-state index contributed by atoms with van der Waals surface area (Å²) < 4.78 is 5.03. The third kappa shape index (κ3) is 4.83. The molecule has 30 heavy (non-hydrogen) atoms. The third-order valence-corrected chi connectivity index (χ3v) is 5.02. The van der Waals surface area contributed by atoms with Crippen molar-refractivity contribution in [3.8, 4) is 0 Å². The average Bonchev–Trinajstić information content (AvgIpc) is 3.14. The second kappa shape index (κ2) is 9.21. The number of rotatable bonds is 5. The summed E-state index contributed by atoms with van der Waals surface area (Å²) in [6.07, 6.45) is 0.0264. The molecule has 1 fully saturated rings. The number of benzene rings is 2. The average molecular weight is 409 g/mol. The highest BCUT2D eigenvalue weighted by molar-refractivity contribution is 6.00. The summed E-state index contributed by atoms with van der Waals surface area (Å²) in [4.78, 5) is 50.0. The Morgan fingerprint density at radius 3 is 2.50 bits per heavy atom. The van der Waals surface area contributed by atoms with Gasteiger partial charge < -0.3 is 9.64 Å². The molecular formula is C22H23N3O5. The number of hydrogen-bond donors (Lipinski definition) is 2. The van der Waals surface area contributed by atoms with Crippen LogP contribution in [0.25, 0.3) is 0 Å². The Morgan fingerprint density at radius 2 is 1.77 bits per heavy atom. The number of amides is 3. The van der Waals surface area contributed by atoms with Gasteiger partial charge in [-0.15, -0.1) is 0 Å². The molecule has 0 saturated carbocycles. The van der Waals surface area contributed by atoms with E-state index in [9.17, 15) is 19.2 Å². The van der Waals surface area contributed by atoms with E-state index in [1.807, 2.05) is 32.0 Å². The smallest absolute Gasteiger partial charge is 0.311 e. The van der Waals surface area contributed by atoms with E-state index in [-0.39, 0.29) is 18.9 Å². The van der Waals surface area contributed by atoms with E-state index in [0.717, 1.165) is 16.8 Å². The molecule has 1 aliphatic rings. The van der Waals surface area contributed by atoms with Gasteiger partial charge in [0.2, 0.25) is 5.91 Å². The molecule has 1 saturated heterocycles. The summed E-state index contributed by atoms with van der Waals surface area (Å²) in [5, 5.41) is 0. The molecule has 0 radical (unpaired) electrons. The highest BCUT2D eigenvalue weighted by atomic mass is 16.5. The van der Waals surface area contributed by atoms with Gasteiger partial charge in [-0.25, -0.2) is 0 Å². The molecule has 0 unspecified atom stereocenters. The van der Waals surface area contributed by atoms with Crippen molar-refractivity contribution >= 4 is 29.4 Å². The van der Waals surface area contributed by atoms with Crippen molar-refractivity contribution in [3.05, 3.63) is 65.2 Å². The molecule has 0 spiro atoms. The minimum atomic E-state index is -0.677. The zero-order chi connectivity index (χ0) is 21.7. The van der Waals surface area contributed by atoms with Crippen LogP contribution in [0.2, 0.25) is 0 Å². The third-order valence-electron chi connectivity index (χ3n) is 5.02. The largest absolute Gasteiger partial charge is 0.455 e. The SMILES string of the molecule is Cc1cccc(N2C[C@@H](C(=O)OCC(=O)NNC(=O)c3ccccc3)CC2=O)c1C. The fraction of sp³-hybridized carbons (Fsp3) is 0.273. The highest BCUT2D eigenvalue weighted by Crippen LogP contribution is 2.29. The number of nitrogens with one attached hydrogen (secondary N) is 2. The monoisotopic (exact) mass is 409 g/mol. The molecule has 1 aliphatic heterocycles. The Balaban J connectivity index is 1.48. The highest BCUT2D eigenvalue weighted by Gasteiger charge is 2.37. The summed E-state index contributed by atoms with van der Waals surface area (Å²) in [7, 11) is 0. The van der Waals surface area contributed by atoms with Gasteiger partial charge in [-0.3, -0.25) is 30.0 Å². The summed E-state index contributed by atoms with van der Waals surface area (Å²) in [5.74, 6) is -2.60. The van der Waals surface area contributed by atoms with Crippen molar-refractivity contribution in [1.29, 1.82) is 0 Å². The van der Waals surface area contributed by atoms with Crippen LogP contribution in [0.1, 0.15) is 27.9 Å². The van der Waals surface area contributed by atoms with Gasteiger partial charge >= 0.3 is 5.97 Å². The van der Waals surface area contributed by atoms with Crippen molar-refractivity contribution in [2.75, 3.05) is 18.1 Å². The number of hydrogen-bond acceptors (Lipinski definition) is 5. The molecule has 3 amide bonds. The molecule has 3 rings (SSSR count). The Hall–Kier alpha value is -3.68. The number of hydrazine groups is 1. The lowest BCUT2D eigenvalue weighted by Gasteiger charge is -2.20. The van der Waals surface area contributed by atoms with Crippen LogP contribution in [0.5, 0.6) is 0 Å². The maximum atomic E-state index is 12.4. The molecule has 8 nitrogen and oxygen atoms in total. The van der Waals surface area contributed by atoms with Crippen molar-refractivity contribution in [1.82, 2.24) is 10.9 Å². The molecule has 1 atom stereocenters. The number of carbonyl (C=O) groups is 4. The van der Waals surface area contributed by atoms with Gasteiger partial charge in [-0.05, 0) is 43.2 Å². The lowest BCUT2D eigenvalue weighted by atomic mass is 10.1. The van der Waals surface area contributed by atoms with E-state index in [0.29, 0.717) is 5.56 Å². The first-order valence-corrected chi connectivity index (χ1v) is 9.54. The van der Waals surface area contributed by atoms with Crippen LogP contribution in [-0.4, -0.2) is 36.8 Å². The standard InChI is InChI=1S/C22H23N3O5/c1-14-7-6-10-18(15(14)2)25-12-17(11-20(25)27)22(29)30-13-19(26)23-24-21(28)16-8-4-3-5-9-16/h3-10,17H,11-13H2,1-2H3,(H,23,26)(H,24,28)/t17-/m0/s1. The van der Waals surface area contributed by atoms with Crippen molar-refractivity contribution in [2.24, 2.45) is 5.92 Å². The van der Waals surface area contributed by atoms with Crippen LogP contribution in [0.15, 0.2) is 48.5 Å². The normalized spacial score (nSPS) is 15.6. The number of esters is 1. The maximum absolute atomic E-state index is 12.4. The van der Waals surface area contributed by atoms with Gasteiger partial charge in [-0.2, -0.15) is 0 Å². The number of anilines is 1. The molecular weight excluding hydrogens is 386 g/mol. The second-order valence-corrected chi connectivity index (χ2v) is 7.10. The fourth-order valence-corrected chi connectivity index (χ4v) is 3.21. The maximum Gasteiger partial charge on any atom is 0.311 e. The zero-order valence-electron chi connectivity index (χ0n) is 16.8. The van der Waals surface area contributed by atoms with Crippen LogP contribution < -0.4 is 15.8 Å². The van der Waals surface area contributed by atoms with E-state index in [1.165, 1.54) is 0 Å². The van der Waals surface area contributed by atoms with Crippen molar-refractivity contribution in [2.45, 2.75) is 20.3 Å². The first kappa shape index (κ1) is 21.0. The number of ether oxygens (including phenoxy) is 1. The minimum Gasteiger partial charge on any atom is -0.455 e. The minimum absolute atomic E-state index is 0.0264. The molecule has 0 aromatic heterocycles. The van der Waals surface area contributed by atoms with Gasteiger partial charge in [0.1, 0.15) is 0 Å². The van der Waals surface area contributed by atoms with Crippen LogP contribution in [0.3, 0.4) is 0 Å². The number of carbonyl (C=O) groups excluding carboxylic acids is 4. The zero-order valence-corrected chi connectivity index (χ0v) is 16.8. The molecule has 2 aromatic rings. The topological polar surface area (TPSA) is 105 Å². The van der Waals surface area contributed by atoms with Crippen LogP contribution in [0, 0.1) is 19.8 Å². The first-order valence-electron chi connectivity index (χ1n) is 9.54. The molecule has 8 heteroatoms. The molecule has 2 aromatic carbocycles. The second-order valence-electron chi connectivity index (χ2n) is 7.10. The first-order chi connectivity index (χ1) is 14.4. The number of aryl methyl sites for hydroxylation is 1. The lowest BCUT2D eigenvalue weighted by Crippen LogP contribution is -2.43. The summed E-state index contributed by atoms with van der Waals surface area (Å²) in [6.45, 7) is 3.54. The summed E-state index contributed by atoms with van der Waals surface area (Å²) >= 11 is 0. The Bertz CT molecular complexity index is 974. The quantitative estimate of drug-likeness (QED) is 0.577. The van der Waals surface area contributed by atoms with Crippen LogP contribution >= 0.6 is 0 Å². The summed E-state index contributed by atoms with van der Waals surface area (Å²) in [5.41, 5.74) is 7.63. The Kier molecular flexibility index (Phi) is 6.46. The molecule has 0 aliphatic carbocycles. The predicted molar refractivity (Wildman–Crippen MR) is 109 cm³/mol. The van der Waals surface area contributed by atoms with Crippen molar-refractivity contribution in [3.63, 3.8) is 0 Å². The molecule has 156 valence electrons. The van der Waals surface area contributed by atoms with Crippen LogP contribution in [-0.2, 0) is 19.1 Å². The van der Waals surface area contributed by atoms with Crippen molar-refractivity contribution < 1.29 is 23.9 Å². The Morgan fingerprint density at radius 1 is 1.03 bits per heavy atom. The van der Waals surface area contributed by atoms with E-state index in [2.05, 4.69) is 10.9 Å².